The van der Waals surface area contributed by atoms with Crippen LogP contribution in [0.4, 0.5) is 4.79 Å². The molecule has 1 aromatic heterocycles. The second-order valence-corrected chi connectivity index (χ2v) is 9.53. The average molecular weight is 492 g/mol. The van der Waals surface area contributed by atoms with Crippen LogP contribution in [0.3, 0.4) is 0 Å². The van der Waals surface area contributed by atoms with Crippen LogP contribution in [0.2, 0.25) is 0 Å². The van der Waals surface area contributed by atoms with Crippen LogP contribution in [-0.4, -0.2) is 46.4 Å². The normalized spacial score (nSPS) is 13.0. The first-order valence-corrected chi connectivity index (χ1v) is 11.9. The van der Waals surface area contributed by atoms with Crippen LogP contribution in [0, 0.1) is 0 Å². The van der Waals surface area contributed by atoms with E-state index in [9.17, 15) is 23.1 Å². The van der Waals surface area contributed by atoms with Crippen molar-refractivity contribution in [1.82, 2.24) is 14.8 Å². The number of primary sulfonamides is 1. The Morgan fingerprint density at radius 2 is 1.73 bits per heavy atom. The van der Waals surface area contributed by atoms with Crippen molar-refractivity contribution in [2.75, 3.05) is 0 Å². The van der Waals surface area contributed by atoms with E-state index in [1.807, 2.05) is 6.07 Å². The molecule has 0 unspecified atom stereocenters. The number of aryl methyl sites for hydroxylation is 1. The molecule has 0 aliphatic carbocycles. The number of nitrogens with two attached hydrogens (primary N) is 1. The Hall–Kier alpha value is -3.39. The summed E-state index contributed by atoms with van der Waals surface area (Å²) in [5, 5.41) is 19.2. The van der Waals surface area contributed by atoms with Crippen molar-refractivity contribution < 1.29 is 28.0 Å². The third kappa shape index (κ3) is 6.55. The Bertz CT molecular complexity index is 1290. The van der Waals surface area contributed by atoms with Gasteiger partial charge in [-0.3, -0.25) is 9.63 Å². The topological polar surface area (TPSA) is 157 Å². The fourth-order valence-electron chi connectivity index (χ4n) is 2.81. The van der Waals surface area contributed by atoms with Gasteiger partial charge in [0.15, 0.2) is 0 Å². The van der Waals surface area contributed by atoms with E-state index in [2.05, 4.69) is 10.1 Å². The molecule has 0 aliphatic heterocycles. The van der Waals surface area contributed by atoms with Crippen LogP contribution in [0.15, 0.2) is 70.0 Å². The molecule has 3 aromatic rings. The lowest BCUT2D eigenvalue weighted by Gasteiger charge is -2.26. The highest BCUT2D eigenvalue weighted by Gasteiger charge is 2.32. The highest BCUT2D eigenvalue weighted by Crippen LogP contribution is 2.14. The lowest BCUT2D eigenvalue weighted by atomic mass is 10.1. The number of carbonyl (C=O) groups is 2. The number of carbonyl (C=O) groups excluding carboxylic acids is 1. The molecule has 13 heteroatoms. The number of aromatic nitrogens is 2. The van der Waals surface area contributed by atoms with Crippen LogP contribution in [0.5, 0.6) is 0 Å². The van der Waals surface area contributed by atoms with Crippen LogP contribution >= 0.6 is 11.3 Å². The quantitative estimate of drug-likeness (QED) is 0.449. The van der Waals surface area contributed by atoms with Crippen molar-refractivity contribution in [1.29, 1.82) is 0 Å². The van der Waals surface area contributed by atoms with Crippen molar-refractivity contribution in [3.8, 4) is 0 Å². The fourth-order valence-corrected chi connectivity index (χ4v) is 4.37. The molecule has 174 valence electrons. The summed E-state index contributed by atoms with van der Waals surface area (Å²) in [5.41, 5.74) is 1.39. The van der Waals surface area contributed by atoms with E-state index >= 15 is 0 Å². The fraction of sp³-hybridized carbons (Fsp3) is 0.200. The van der Waals surface area contributed by atoms with Gasteiger partial charge in [-0.15, -0.1) is 5.10 Å². The van der Waals surface area contributed by atoms with E-state index in [4.69, 9.17) is 9.98 Å². The summed E-state index contributed by atoms with van der Waals surface area (Å²) in [7, 11) is -2.70. The van der Waals surface area contributed by atoms with E-state index in [1.54, 1.807) is 54.6 Å². The number of amides is 2. The molecule has 0 radical (unpaired) electrons. The number of nitrogens with zero attached hydrogens (tertiary/aromatic N) is 4. The highest BCUT2D eigenvalue weighted by molar-refractivity contribution is 7.91. The minimum Gasteiger partial charge on any atom is -0.463 e. The number of benzene rings is 2. The summed E-state index contributed by atoms with van der Waals surface area (Å²) in [5.74, 6) is -0.852. The maximum absolute atomic E-state index is 13.1. The van der Waals surface area contributed by atoms with Crippen molar-refractivity contribution in [3.63, 3.8) is 0 Å². The van der Waals surface area contributed by atoms with Crippen LogP contribution < -0.4 is 9.94 Å². The molecule has 11 nitrogen and oxygen atoms in total. The highest BCUT2D eigenvalue weighted by atomic mass is 32.2. The van der Waals surface area contributed by atoms with Crippen LogP contribution in [0.25, 0.3) is 0 Å². The Morgan fingerprint density at radius 3 is 2.24 bits per heavy atom. The van der Waals surface area contributed by atoms with Gasteiger partial charge in [0, 0.05) is 13.5 Å². The maximum Gasteiger partial charge on any atom is 0.432 e. The summed E-state index contributed by atoms with van der Waals surface area (Å²) in [6, 6.07) is 16.3. The van der Waals surface area contributed by atoms with Gasteiger partial charge >= 0.3 is 6.09 Å². The average Bonchev–Trinajstić information content (AvgIpc) is 3.15. The lowest BCUT2D eigenvalue weighted by molar-refractivity contribution is -0.174. The molecule has 0 saturated carbocycles. The van der Waals surface area contributed by atoms with Gasteiger partial charge in [0.25, 0.3) is 15.9 Å². The second-order valence-electron chi connectivity index (χ2n) is 6.84. The number of hydrogen-bond acceptors (Lipinski definition) is 7. The molecule has 33 heavy (non-hydrogen) atoms. The smallest absolute Gasteiger partial charge is 0.432 e. The number of rotatable bonds is 8. The molecule has 0 fully saturated rings. The number of carboxylic acid groups (broad SMARTS) is 1. The first-order valence-electron chi connectivity index (χ1n) is 9.53. The second kappa shape index (κ2) is 10.5. The molecule has 3 N–H and O–H groups in total. The first-order chi connectivity index (χ1) is 15.6. The Labute approximate surface area is 193 Å². The van der Waals surface area contributed by atoms with Crippen molar-refractivity contribution >= 4 is 33.4 Å². The van der Waals surface area contributed by atoms with E-state index in [-0.39, 0.29) is 17.8 Å². The van der Waals surface area contributed by atoms with Gasteiger partial charge in [0.1, 0.15) is 12.6 Å². The van der Waals surface area contributed by atoms with Gasteiger partial charge < -0.3 is 5.11 Å². The summed E-state index contributed by atoms with van der Waals surface area (Å²) < 4.78 is 23.8. The van der Waals surface area contributed by atoms with Gasteiger partial charge in [-0.25, -0.2) is 23.0 Å². The predicted octanol–water partition coefficient (Wildman–Crippen LogP) is 1.28. The van der Waals surface area contributed by atoms with Crippen LogP contribution in [0.1, 0.15) is 11.1 Å². The van der Waals surface area contributed by atoms with Crippen molar-refractivity contribution in [3.05, 3.63) is 76.6 Å². The predicted molar refractivity (Wildman–Crippen MR) is 118 cm³/mol. The number of hydrogen-bond donors (Lipinski definition) is 2. The molecular weight excluding hydrogens is 470 g/mol. The Kier molecular flexibility index (Phi) is 7.71. The lowest BCUT2D eigenvalue weighted by Crippen LogP contribution is -2.45. The standard InChI is InChI=1S/C20H21N5O6S2/c1-24-18(32-19(23-24)33(21,29)30)22-17(26)16(12-14-8-4-2-5-9-14)25(20(27)28)31-13-15-10-6-3-7-11-15/h2-11,16H,12-13H2,1H3,(H,27,28)(H2,21,29,30)/t16-/m0/s1. The zero-order valence-corrected chi connectivity index (χ0v) is 19.1. The Balaban J connectivity index is 1.96. The molecule has 3 rings (SSSR count). The number of hydroxylamine groups is 2. The monoisotopic (exact) mass is 491 g/mol. The van der Waals surface area contributed by atoms with Crippen molar-refractivity contribution in [2.45, 2.75) is 23.4 Å². The molecule has 0 saturated heterocycles. The third-order valence-electron chi connectivity index (χ3n) is 4.38. The molecule has 1 atom stereocenters. The third-order valence-corrected chi connectivity index (χ3v) is 6.69. The molecule has 0 bridgehead atoms. The summed E-state index contributed by atoms with van der Waals surface area (Å²) >= 11 is 0.593. The van der Waals surface area contributed by atoms with Gasteiger partial charge in [-0.05, 0) is 11.1 Å². The van der Waals surface area contributed by atoms with E-state index in [0.29, 0.717) is 27.5 Å². The molecule has 1 heterocycles. The maximum atomic E-state index is 13.1. The Morgan fingerprint density at radius 1 is 1.15 bits per heavy atom. The molecule has 2 aromatic carbocycles. The molecule has 0 spiro atoms. The summed E-state index contributed by atoms with van der Waals surface area (Å²) in [4.78, 5) is 34.5. The van der Waals surface area contributed by atoms with Gasteiger partial charge in [0.2, 0.25) is 9.14 Å². The largest absolute Gasteiger partial charge is 0.463 e. The zero-order chi connectivity index (χ0) is 24.0. The van der Waals surface area contributed by atoms with Gasteiger partial charge in [-0.2, -0.15) is 10.1 Å². The molecule has 2 amide bonds. The van der Waals surface area contributed by atoms with Crippen LogP contribution in [-0.2, 0) is 39.7 Å². The van der Waals surface area contributed by atoms with Crippen molar-refractivity contribution in [2.24, 2.45) is 17.2 Å². The number of sulfonamides is 1. The SMILES string of the molecule is Cn1nc(S(N)(=O)=O)sc1=NC(=O)[C@H](Cc1ccccc1)N(OCc1ccccc1)C(=O)O. The van der Waals surface area contributed by atoms with E-state index < -0.39 is 32.4 Å². The zero-order valence-electron chi connectivity index (χ0n) is 17.4. The first kappa shape index (κ1) is 24.3. The van der Waals surface area contributed by atoms with Gasteiger partial charge in [-0.1, -0.05) is 72.0 Å². The molecule has 0 aliphatic rings. The van der Waals surface area contributed by atoms with E-state index in [1.165, 1.54) is 7.05 Å². The molecular formula is C20H21N5O6S2. The summed E-state index contributed by atoms with van der Waals surface area (Å²) in [6.07, 6.45) is -1.50. The van der Waals surface area contributed by atoms with Gasteiger partial charge in [0.05, 0.1) is 0 Å². The summed E-state index contributed by atoms with van der Waals surface area (Å²) in [6.45, 7) is -0.0877. The minimum absolute atomic E-state index is 0.0190. The van der Waals surface area contributed by atoms with E-state index in [0.717, 1.165) is 4.68 Å². The minimum atomic E-state index is -4.09.